The average Bonchev–Trinajstić information content (AvgIpc) is 2.99. The predicted octanol–water partition coefficient (Wildman–Crippen LogP) is 0.809. The zero-order valence-corrected chi connectivity index (χ0v) is 12.1. The molecule has 3 rings (SSSR count). The van der Waals surface area contributed by atoms with Crippen LogP contribution in [-0.2, 0) is 14.3 Å². The van der Waals surface area contributed by atoms with Crippen LogP contribution in [0.2, 0.25) is 0 Å². The third-order valence-electron chi connectivity index (χ3n) is 3.56. The van der Waals surface area contributed by atoms with Crippen molar-refractivity contribution < 1.29 is 19.4 Å². The van der Waals surface area contributed by atoms with Gasteiger partial charge in [-0.05, 0) is 0 Å². The van der Waals surface area contributed by atoms with E-state index in [1.54, 1.807) is 10.9 Å². The van der Waals surface area contributed by atoms with Gasteiger partial charge in [-0.3, -0.25) is 4.79 Å². The molecule has 0 bridgehead atoms. The molecule has 1 aliphatic heterocycles. The van der Waals surface area contributed by atoms with Gasteiger partial charge in [-0.1, -0.05) is 35.5 Å². The Hall–Kier alpha value is -2.25. The summed E-state index contributed by atoms with van der Waals surface area (Å²) in [5.74, 6) is -0.445. The highest BCUT2D eigenvalue weighted by Gasteiger charge is 2.37. The monoisotopic (exact) mass is 303 g/mol. The fourth-order valence-electron chi connectivity index (χ4n) is 2.51. The topological polar surface area (TPSA) is 86.5 Å². The number of aliphatic hydroxyl groups excluding tert-OH is 1. The van der Waals surface area contributed by atoms with Crippen molar-refractivity contribution >= 4 is 5.97 Å². The Bertz CT molecular complexity index is 643. The van der Waals surface area contributed by atoms with Gasteiger partial charge in [-0.25, -0.2) is 4.68 Å². The van der Waals surface area contributed by atoms with Crippen LogP contribution < -0.4 is 0 Å². The lowest BCUT2D eigenvalue weighted by molar-refractivity contribution is -0.172. The van der Waals surface area contributed by atoms with Crippen molar-refractivity contribution in [3.63, 3.8) is 0 Å². The molecule has 0 amide bonds. The second kappa shape index (κ2) is 6.25. The number of ether oxygens (including phenoxy) is 2. The Morgan fingerprint density at radius 3 is 2.86 bits per heavy atom. The number of rotatable bonds is 3. The predicted molar refractivity (Wildman–Crippen MR) is 76.9 cm³/mol. The molecule has 0 aliphatic carbocycles. The summed E-state index contributed by atoms with van der Waals surface area (Å²) in [5, 5.41) is 18.2. The van der Waals surface area contributed by atoms with Gasteiger partial charge in [0.15, 0.2) is 6.10 Å². The number of esters is 1. The third kappa shape index (κ3) is 3.00. The minimum atomic E-state index is -0.882. The first-order chi connectivity index (χ1) is 10.6. The van der Waals surface area contributed by atoms with Crippen molar-refractivity contribution in [3.05, 3.63) is 36.5 Å². The normalized spacial score (nSPS) is 24.9. The van der Waals surface area contributed by atoms with E-state index in [1.807, 2.05) is 30.3 Å². The SMILES string of the molecule is CC(=O)O[C@H]1[C@@H](O)COC[C@@H]1n1cc(-c2ccccc2)nn1. The standard InChI is InChI=1S/C15H17N3O4/c1-10(19)22-15-13(8-21-9-14(15)20)18-7-12(16-17-18)11-5-3-2-4-6-11/h2-7,13-15,20H,8-9H2,1H3/t13-,14-,15+/m0/s1. The number of aliphatic hydroxyl groups is 1. The van der Waals surface area contributed by atoms with Gasteiger partial charge in [-0.2, -0.15) is 0 Å². The van der Waals surface area contributed by atoms with Crippen molar-refractivity contribution in [3.8, 4) is 11.3 Å². The summed E-state index contributed by atoms with van der Waals surface area (Å²) in [7, 11) is 0. The molecule has 1 fully saturated rings. The molecule has 7 nitrogen and oxygen atoms in total. The molecule has 1 aromatic carbocycles. The molecule has 116 valence electrons. The van der Waals surface area contributed by atoms with Gasteiger partial charge in [0.05, 0.1) is 19.4 Å². The van der Waals surface area contributed by atoms with Gasteiger partial charge in [0.1, 0.15) is 17.8 Å². The molecule has 2 heterocycles. The fourth-order valence-corrected chi connectivity index (χ4v) is 2.51. The molecule has 1 aliphatic rings. The van der Waals surface area contributed by atoms with E-state index < -0.39 is 24.2 Å². The number of benzene rings is 1. The Labute approximate surface area is 127 Å². The van der Waals surface area contributed by atoms with Crippen LogP contribution in [0.1, 0.15) is 13.0 Å². The van der Waals surface area contributed by atoms with E-state index in [9.17, 15) is 9.90 Å². The average molecular weight is 303 g/mol. The lowest BCUT2D eigenvalue weighted by Crippen LogP contribution is -2.47. The smallest absolute Gasteiger partial charge is 0.303 e. The Kier molecular flexibility index (Phi) is 4.17. The Morgan fingerprint density at radius 2 is 2.14 bits per heavy atom. The maximum absolute atomic E-state index is 11.2. The van der Waals surface area contributed by atoms with Crippen LogP contribution in [0.3, 0.4) is 0 Å². The highest BCUT2D eigenvalue weighted by molar-refractivity contribution is 5.66. The molecular weight excluding hydrogens is 286 g/mol. The molecule has 1 aromatic heterocycles. The first-order valence-electron chi connectivity index (χ1n) is 7.05. The number of hydrogen-bond donors (Lipinski definition) is 1. The van der Waals surface area contributed by atoms with Crippen molar-refractivity contribution in [2.75, 3.05) is 13.2 Å². The van der Waals surface area contributed by atoms with Gasteiger partial charge in [0.25, 0.3) is 0 Å². The zero-order valence-electron chi connectivity index (χ0n) is 12.1. The molecule has 2 aromatic rings. The van der Waals surface area contributed by atoms with Crippen molar-refractivity contribution in [2.45, 2.75) is 25.2 Å². The maximum atomic E-state index is 11.2. The molecule has 3 atom stereocenters. The van der Waals surface area contributed by atoms with Gasteiger partial charge < -0.3 is 14.6 Å². The molecule has 0 saturated carbocycles. The molecule has 0 unspecified atom stereocenters. The summed E-state index contributed by atoms with van der Waals surface area (Å²) >= 11 is 0. The van der Waals surface area contributed by atoms with Gasteiger partial charge in [0, 0.05) is 12.5 Å². The van der Waals surface area contributed by atoms with E-state index >= 15 is 0 Å². The van der Waals surface area contributed by atoms with Crippen molar-refractivity contribution in [2.24, 2.45) is 0 Å². The molecule has 0 spiro atoms. The number of aromatic nitrogens is 3. The third-order valence-corrected chi connectivity index (χ3v) is 3.56. The van der Waals surface area contributed by atoms with Crippen LogP contribution in [0.25, 0.3) is 11.3 Å². The molecular formula is C15H17N3O4. The van der Waals surface area contributed by atoms with Crippen LogP contribution in [0.4, 0.5) is 0 Å². The highest BCUT2D eigenvalue weighted by Crippen LogP contribution is 2.25. The first-order valence-corrected chi connectivity index (χ1v) is 7.05. The second-order valence-electron chi connectivity index (χ2n) is 5.20. The molecule has 7 heteroatoms. The lowest BCUT2D eigenvalue weighted by atomic mass is 10.0. The van der Waals surface area contributed by atoms with Crippen LogP contribution in [0.15, 0.2) is 36.5 Å². The Balaban J connectivity index is 1.85. The summed E-state index contributed by atoms with van der Waals surface area (Å²) in [6.45, 7) is 1.75. The van der Waals surface area contributed by atoms with Crippen LogP contribution in [-0.4, -0.2) is 51.5 Å². The van der Waals surface area contributed by atoms with Crippen LogP contribution >= 0.6 is 0 Å². The first kappa shape index (κ1) is 14.7. The highest BCUT2D eigenvalue weighted by atomic mass is 16.6. The maximum Gasteiger partial charge on any atom is 0.303 e. The summed E-state index contributed by atoms with van der Waals surface area (Å²) in [6.07, 6.45) is 0.182. The van der Waals surface area contributed by atoms with Crippen LogP contribution in [0, 0.1) is 0 Å². The van der Waals surface area contributed by atoms with E-state index in [0.717, 1.165) is 5.56 Å². The summed E-state index contributed by atoms with van der Waals surface area (Å²) < 4.78 is 12.2. The van der Waals surface area contributed by atoms with Crippen LogP contribution in [0.5, 0.6) is 0 Å². The fraction of sp³-hybridized carbons (Fsp3) is 0.400. The van der Waals surface area contributed by atoms with Gasteiger partial charge >= 0.3 is 5.97 Å². The zero-order chi connectivity index (χ0) is 15.5. The van der Waals surface area contributed by atoms with Gasteiger partial charge in [0.2, 0.25) is 0 Å². The molecule has 1 saturated heterocycles. The number of carbonyl (C=O) groups is 1. The summed E-state index contributed by atoms with van der Waals surface area (Å²) in [6, 6.07) is 9.23. The largest absolute Gasteiger partial charge is 0.457 e. The molecule has 22 heavy (non-hydrogen) atoms. The van der Waals surface area contributed by atoms with Crippen molar-refractivity contribution in [1.29, 1.82) is 0 Å². The summed E-state index contributed by atoms with van der Waals surface area (Å²) in [5.41, 5.74) is 1.65. The van der Waals surface area contributed by atoms with Gasteiger partial charge in [-0.15, -0.1) is 5.10 Å². The number of hydrogen-bond acceptors (Lipinski definition) is 6. The van der Waals surface area contributed by atoms with Crippen molar-refractivity contribution in [1.82, 2.24) is 15.0 Å². The minimum Gasteiger partial charge on any atom is -0.457 e. The van der Waals surface area contributed by atoms with E-state index in [0.29, 0.717) is 12.3 Å². The van der Waals surface area contributed by atoms with E-state index in [-0.39, 0.29) is 6.61 Å². The quantitative estimate of drug-likeness (QED) is 0.844. The van der Waals surface area contributed by atoms with E-state index in [1.165, 1.54) is 6.92 Å². The lowest BCUT2D eigenvalue weighted by Gasteiger charge is -2.34. The minimum absolute atomic E-state index is 0.134. The number of carbonyl (C=O) groups excluding carboxylic acids is 1. The second-order valence-corrected chi connectivity index (χ2v) is 5.20. The molecule has 0 radical (unpaired) electrons. The van der Waals surface area contributed by atoms with E-state index in [2.05, 4.69) is 10.3 Å². The summed E-state index contributed by atoms with van der Waals surface area (Å²) in [4.78, 5) is 11.2. The number of nitrogens with zero attached hydrogens (tertiary/aromatic N) is 3. The Morgan fingerprint density at radius 1 is 1.36 bits per heavy atom. The van der Waals surface area contributed by atoms with E-state index in [4.69, 9.17) is 9.47 Å². The molecule has 1 N–H and O–H groups in total.